The molecule has 2 nitrogen and oxygen atoms in total. The second kappa shape index (κ2) is 9.83. The average Bonchev–Trinajstić information content (AvgIpc) is 2.83. The molecule has 0 aliphatic rings. The van der Waals surface area contributed by atoms with E-state index >= 15 is 0 Å². The molecule has 5 rings (SSSR count). The smallest absolute Gasteiger partial charge is 0.345 e. The summed E-state index contributed by atoms with van der Waals surface area (Å²) >= 11 is 0. The Balaban J connectivity index is 0.00000245. The first-order valence-electron chi connectivity index (χ1n) is 10.3. The van der Waals surface area contributed by atoms with Crippen LogP contribution in [0.2, 0.25) is 0 Å². The summed E-state index contributed by atoms with van der Waals surface area (Å²) in [4.78, 5) is 9.40. The van der Waals surface area contributed by atoms with Crippen molar-refractivity contribution in [1.29, 1.82) is 0 Å². The summed E-state index contributed by atoms with van der Waals surface area (Å²) in [6.07, 6.45) is 7.24. The molecule has 0 atom stereocenters. The van der Waals surface area contributed by atoms with E-state index < -0.39 is 0 Å². The molecule has 0 amide bonds. The van der Waals surface area contributed by atoms with Crippen molar-refractivity contribution >= 4 is 16.8 Å². The van der Waals surface area contributed by atoms with Gasteiger partial charge in [0.05, 0.1) is 0 Å². The van der Waals surface area contributed by atoms with Gasteiger partial charge in [-0.05, 0) is 28.9 Å². The number of nitrogens with zero attached hydrogens (tertiary/aromatic N) is 2. The van der Waals surface area contributed by atoms with E-state index in [9.17, 15) is 0 Å². The van der Waals surface area contributed by atoms with E-state index in [0.717, 1.165) is 39.2 Å². The van der Waals surface area contributed by atoms with E-state index in [1.807, 2.05) is 60.8 Å². The van der Waals surface area contributed by atoms with Crippen molar-refractivity contribution in [2.24, 2.45) is 0 Å². The molecule has 5 aromatic rings. The van der Waals surface area contributed by atoms with Crippen LogP contribution >= 0.6 is 0 Å². The van der Waals surface area contributed by atoms with Gasteiger partial charge in [-0.3, -0.25) is 4.98 Å². The molecule has 0 unspecified atom stereocenters. The number of rotatable bonds is 4. The molecule has 3 heteroatoms. The van der Waals surface area contributed by atoms with Gasteiger partial charge in [0.25, 0.3) is 0 Å². The molecule has 0 aliphatic carbocycles. The van der Waals surface area contributed by atoms with Gasteiger partial charge in [0.1, 0.15) is 0 Å². The number of pyridine rings is 2. The third-order valence-electron chi connectivity index (χ3n) is 5.23. The number of hydrogen-bond acceptors (Lipinski definition) is 2. The van der Waals surface area contributed by atoms with Crippen molar-refractivity contribution in [3.05, 3.63) is 126 Å². The van der Waals surface area contributed by atoms with Crippen molar-refractivity contribution in [2.45, 2.75) is 6.92 Å². The maximum atomic E-state index is 4.80. The standard InChI is InChI=1S/C29H20N2.Pd/c1-21-8-6-10-24(20-21)27-14-7-11-25(31-27)18-17-23-16-15-22-9-2-3-12-26(22)29(23)28-13-4-5-19-30-28;/h2-9,11-16,18-20H,1H3;/q-2;+2. The first-order valence-corrected chi connectivity index (χ1v) is 10.3. The fraction of sp³-hybridized carbons (Fsp3) is 0.0345. The van der Waals surface area contributed by atoms with Gasteiger partial charge in [0, 0.05) is 11.9 Å². The molecule has 2 heterocycles. The molecule has 2 aromatic heterocycles. The third-order valence-corrected chi connectivity index (χ3v) is 5.23. The Morgan fingerprint density at radius 2 is 1.69 bits per heavy atom. The van der Waals surface area contributed by atoms with E-state index in [2.05, 4.69) is 66.5 Å². The molecule has 0 bridgehead atoms. The van der Waals surface area contributed by atoms with Gasteiger partial charge >= 0.3 is 20.4 Å². The Hall–Kier alpha value is -3.38. The van der Waals surface area contributed by atoms with Crippen molar-refractivity contribution in [3.8, 4) is 22.5 Å². The summed E-state index contributed by atoms with van der Waals surface area (Å²) < 4.78 is 0. The van der Waals surface area contributed by atoms with Crippen LogP contribution in [0.25, 0.3) is 39.4 Å². The summed E-state index contributed by atoms with van der Waals surface area (Å²) in [5.74, 6) is 0. The Kier molecular flexibility index (Phi) is 6.71. The fourth-order valence-electron chi connectivity index (χ4n) is 3.74. The minimum absolute atomic E-state index is 0. The maximum Gasteiger partial charge on any atom is 2.00 e. The van der Waals surface area contributed by atoms with Crippen LogP contribution in [0, 0.1) is 19.1 Å². The zero-order valence-electron chi connectivity index (χ0n) is 17.5. The van der Waals surface area contributed by atoms with Crippen LogP contribution in [0.5, 0.6) is 0 Å². The molecule has 32 heavy (non-hydrogen) atoms. The summed E-state index contributed by atoms with van der Waals surface area (Å²) in [5, 5.41) is 2.35. The molecule has 0 radical (unpaired) electrons. The SMILES string of the molecule is Cc1cc[c-]c(-c2cccc(C=[C-]c3ccc4ccccc4c3-c3ccccn3)n2)c1.[Pd+2]. The van der Waals surface area contributed by atoms with Gasteiger partial charge in [-0.1, -0.05) is 72.5 Å². The molecule has 0 saturated carbocycles. The largest absolute Gasteiger partial charge is 2.00 e. The summed E-state index contributed by atoms with van der Waals surface area (Å²) in [7, 11) is 0. The first kappa shape index (κ1) is 21.8. The summed E-state index contributed by atoms with van der Waals surface area (Å²) in [5.41, 5.74) is 6.96. The minimum atomic E-state index is 0. The topological polar surface area (TPSA) is 25.8 Å². The molecule has 0 spiro atoms. The molecule has 0 fully saturated rings. The van der Waals surface area contributed by atoms with Crippen LogP contribution in [0.1, 0.15) is 16.8 Å². The van der Waals surface area contributed by atoms with E-state index in [1.165, 1.54) is 10.9 Å². The third kappa shape index (κ3) is 4.60. The quantitative estimate of drug-likeness (QED) is 0.197. The van der Waals surface area contributed by atoms with Gasteiger partial charge in [0.2, 0.25) is 0 Å². The second-order valence-corrected chi connectivity index (χ2v) is 7.44. The average molecular weight is 503 g/mol. The van der Waals surface area contributed by atoms with Crippen LogP contribution in [-0.4, -0.2) is 9.97 Å². The van der Waals surface area contributed by atoms with E-state index in [4.69, 9.17) is 4.98 Å². The number of benzene rings is 3. The molecule has 0 aliphatic heterocycles. The van der Waals surface area contributed by atoms with Crippen LogP contribution in [-0.2, 0) is 20.4 Å². The van der Waals surface area contributed by atoms with Crippen molar-refractivity contribution in [1.82, 2.24) is 9.97 Å². The predicted molar refractivity (Wildman–Crippen MR) is 127 cm³/mol. The van der Waals surface area contributed by atoms with Crippen LogP contribution in [0.15, 0.2) is 97.2 Å². The molecular formula is C29H20N2Pd. The minimum Gasteiger partial charge on any atom is -0.345 e. The second-order valence-electron chi connectivity index (χ2n) is 7.44. The Morgan fingerprint density at radius 1 is 0.844 bits per heavy atom. The Morgan fingerprint density at radius 3 is 2.53 bits per heavy atom. The van der Waals surface area contributed by atoms with Crippen LogP contribution in [0.3, 0.4) is 0 Å². The van der Waals surface area contributed by atoms with E-state index in [-0.39, 0.29) is 20.4 Å². The van der Waals surface area contributed by atoms with Crippen LogP contribution < -0.4 is 0 Å². The molecular weight excluding hydrogens is 483 g/mol. The maximum absolute atomic E-state index is 4.80. The Labute approximate surface area is 202 Å². The zero-order valence-corrected chi connectivity index (χ0v) is 19.1. The molecule has 0 saturated heterocycles. The first-order chi connectivity index (χ1) is 15.3. The summed E-state index contributed by atoms with van der Waals surface area (Å²) in [6, 6.07) is 34.0. The number of fused-ring (bicyclic) bond motifs is 1. The fourth-order valence-corrected chi connectivity index (χ4v) is 3.74. The van der Waals surface area contributed by atoms with E-state index in [1.54, 1.807) is 0 Å². The van der Waals surface area contributed by atoms with Gasteiger partial charge in [0.15, 0.2) is 0 Å². The van der Waals surface area contributed by atoms with Crippen LogP contribution in [0.4, 0.5) is 0 Å². The van der Waals surface area contributed by atoms with Gasteiger partial charge < -0.3 is 4.98 Å². The zero-order chi connectivity index (χ0) is 21.0. The van der Waals surface area contributed by atoms with Crippen molar-refractivity contribution in [2.75, 3.05) is 0 Å². The monoisotopic (exact) mass is 502 g/mol. The number of hydrogen-bond donors (Lipinski definition) is 0. The normalized spacial score (nSPS) is 10.9. The predicted octanol–water partition coefficient (Wildman–Crippen LogP) is 6.93. The van der Waals surface area contributed by atoms with Crippen molar-refractivity contribution in [3.63, 3.8) is 0 Å². The molecule has 156 valence electrons. The number of aryl methyl sites for hydroxylation is 1. The van der Waals surface area contributed by atoms with Crippen molar-refractivity contribution < 1.29 is 20.4 Å². The van der Waals surface area contributed by atoms with Gasteiger partial charge in [-0.15, -0.1) is 59.2 Å². The van der Waals surface area contributed by atoms with Gasteiger partial charge in [-0.2, -0.15) is 0 Å². The summed E-state index contributed by atoms with van der Waals surface area (Å²) in [6.45, 7) is 2.08. The Bertz CT molecular complexity index is 1390. The molecule has 0 N–H and O–H groups in total. The number of aromatic nitrogens is 2. The van der Waals surface area contributed by atoms with Gasteiger partial charge in [-0.25, -0.2) is 0 Å². The molecule has 3 aromatic carbocycles. The van der Waals surface area contributed by atoms with E-state index in [0.29, 0.717) is 0 Å².